The fourth-order valence-electron chi connectivity index (χ4n) is 2.54. The lowest BCUT2D eigenvalue weighted by Crippen LogP contribution is -2.45. The van der Waals surface area contributed by atoms with Crippen molar-refractivity contribution in [3.8, 4) is 11.6 Å². The number of nitrogens with one attached hydrogen (secondary N) is 2. The molecule has 2 aromatic rings. The Balaban J connectivity index is 1.94. The predicted octanol–water partition coefficient (Wildman–Crippen LogP) is 3.70. The molecule has 1 atom stereocenters. The molecule has 0 spiro atoms. The van der Waals surface area contributed by atoms with Crippen molar-refractivity contribution in [3.05, 3.63) is 56.4 Å². The Morgan fingerprint density at radius 1 is 1.28 bits per heavy atom. The molecule has 3 rings (SSSR count). The van der Waals surface area contributed by atoms with Crippen LogP contribution in [0.2, 0.25) is 10.0 Å². The molecular formula is C18H18Cl2N6O3. The summed E-state index contributed by atoms with van der Waals surface area (Å²) in [4.78, 5) is 24.1. The van der Waals surface area contributed by atoms with Gasteiger partial charge in [-0.1, -0.05) is 43.6 Å². The van der Waals surface area contributed by atoms with Crippen LogP contribution >= 0.6 is 23.2 Å². The Morgan fingerprint density at radius 2 is 1.93 bits per heavy atom. The molecule has 0 unspecified atom stereocenters. The van der Waals surface area contributed by atoms with Gasteiger partial charge < -0.3 is 15.8 Å². The van der Waals surface area contributed by atoms with Gasteiger partial charge in [0, 0.05) is 11.6 Å². The fraction of sp³-hybridized carbons (Fsp3) is 0.222. The summed E-state index contributed by atoms with van der Waals surface area (Å²) in [6.45, 7) is 7.48. The zero-order chi connectivity index (χ0) is 21.3. The molecule has 0 radical (unpaired) electrons. The van der Waals surface area contributed by atoms with E-state index in [0.29, 0.717) is 5.56 Å². The number of ether oxygens (including phenoxy) is 1. The van der Waals surface area contributed by atoms with Gasteiger partial charge in [-0.15, -0.1) is 10.2 Å². The smallest absolute Gasteiger partial charge is 0.347 e. The second-order valence-corrected chi connectivity index (χ2v) is 7.16. The third-order valence-corrected chi connectivity index (χ3v) is 4.91. The third kappa shape index (κ3) is 4.20. The lowest BCUT2D eigenvalue weighted by Gasteiger charge is -2.24. The van der Waals surface area contributed by atoms with Gasteiger partial charge in [0.15, 0.2) is 11.6 Å². The van der Waals surface area contributed by atoms with E-state index in [2.05, 4.69) is 27.2 Å². The number of hydrogen-bond acceptors (Lipinski definition) is 6. The van der Waals surface area contributed by atoms with Crippen molar-refractivity contribution in [2.45, 2.75) is 26.2 Å². The van der Waals surface area contributed by atoms with Crippen LogP contribution in [0.25, 0.3) is 0 Å². The number of amidine groups is 1. The van der Waals surface area contributed by atoms with Crippen LogP contribution in [0.5, 0.6) is 11.6 Å². The number of hydrazone groups is 1. The van der Waals surface area contributed by atoms with E-state index in [1.54, 1.807) is 6.07 Å². The largest absolute Gasteiger partial charge is 0.434 e. The SMILES string of the molecule is C=C1NC(=O)N(c2cc(Cl)c(Oc3cc([C@@H](C)CC)c(=O)[nH]n3)c(Cl)c2)N=C1N. The van der Waals surface area contributed by atoms with E-state index in [0.717, 1.165) is 11.4 Å². The summed E-state index contributed by atoms with van der Waals surface area (Å²) in [7, 11) is 0. The minimum absolute atomic E-state index is 0.0214. The average molecular weight is 437 g/mol. The van der Waals surface area contributed by atoms with Gasteiger partial charge in [0.1, 0.15) is 0 Å². The first-order valence-corrected chi connectivity index (χ1v) is 9.37. The summed E-state index contributed by atoms with van der Waals surface area (Å²) in [5, 5.41) is 13.9. The number of rotatable bonds is 5. The first-order valence-electron chi connectivity index (χ1n) is 8.62. The van der Waals surface area contributed by atoms with Crippen LogP contribution in [0.1, 0.15) is 31.7 Å². The first kappa shape index (κ1) is 20.7. The molecule has 1 aromatic heterocycles. The van der Waals surface area contributed by atoms with Crippen molar-refractivity contribution in [3.63, 3.8) is 0 Å². The summed E-state index contributed by atoms with van der Waals surface area (Å²) < 4.78 is 5.70. The average Bonchev–Trinajstić information content (AvgIpc) is 2.68. The maximum atomic E-state index is 12.1. The molecule has 1 aliphatic rings. The Kier molecular flexibility index (Phi) is 5.81. The second kappa shape index (κ2) is 8.14. The van der Waals surface area contributed by atoms with E-state index in [-0.39, 0.29) is 50.4 Å². The summed E-state index contributed by atoms with van der Waals surface area (Å²) in [5.41, 5.74) is 6.43. The number of H-pyrrole nitrogens is 1. The van der Waals surface area contributed by atoms with Gasteiger partial charge in [-0.2, -0.15) is 5.01 Å². The van der Waals surface area contributed by atoms with Gasteiger partial charge in [0.05, 0.1) is 21.4 Å². The normalized spacial score (nSPS) is 15.0. The Bertz CT molecular complexity index is 1060. The van der Waals surface area contributed by atoms with Crippen molar-refractivity contribution in [1.29, 1.82) is 0 Å². The number of hydrogen-bond donors (Lipinski definition) is 3. The number of nitrogens with two attached hydrogens (primary N) is 1. The minimum atomic E-state index is -0.564. The molecule has 0 aliphatic carbocycles. The number of carbonyl (C=O) groups is 1. The number of amides is 2. The van der Waals surface area contributed by atoms with Crippen LogP contribution < -0.4 is 26.4 Å². The molecule has 2 heterocycles. The van der Waals surface area contributed by atoms with E-state index in [4.69, 9.17) is 33.7 Å². The lowest BCUT2D eigenvalue weighted by molar-refractivity contribution is 0.248. The molecule has 2 amide bonds. The first-order chi connectivity index (χ1) is 13.7. The maximum Gasteiger partial charge on any atom is 0.347 e. The standard InChI is InChI=1S/C18H18Cl2N6O3/c1-4-8(2)11-7-14(23-24-17(11)27)29-15-12(19)5-10(6-13(15)20)26-18(28)22-9(3)16(21)25-26/h5-8H,3-4H2,1-2H3,(H2,21,25)(H,22,28)(H,24,27)/t8-/m0/s1. The number of aromatic amines is 1. The number of carbonyl (C=O) groups excluding carboxylic acids is 1. The van der Waals surface area contributed by atoms with Crippen LogP contribution in [0.4, 0.5) is 10.5 Å². The highest BCUT2D eigenvalue weighted by Crippen LogP contribution is 2.40. The molecule has 0 bridgehead atoms. The van der Waals surface area contributed by atoms with Crippen LogP contribution in [-0.4, -0.2) is 22.1 Å². The third-order valence-electron chi connectivity index (χ3n) is 4.35. The number of anilines is 1. The maximum absolute atomic E-state index is 12.1. The Labute approximate surface area is 176 Å². The highest BCUT2D eigenvalue weighted by Gasteiger charge is 2.25. The van der Waals surface area contributed by atoms with Gasteiger partial charge in [-0.3, -0.25) is 4.79 Å². The van der Waals surface area contributed by atoms with Crippen LogP contribution in [0.15, 0.2) is 40.4 Å². The van der Waals surface area contributed by atoms with Crippen LogP contribution in [-0.2, 0) is 0 Å². The number of nitrogens with zero attached hydrogens (tertiary/aromatic N) is 3. The van der Waals surface area contributed by atoms with E-state index >= 15 is 0 Å². The van der Waals surface area contributed by atoms with E-state index in [1.165, 1.54) is 12.1 Å². The molecule has 0 fully saturated rings. The molecule has 1 aromatic carbocycles. The molecule has 1 aliphatic heterocycles. The topological polar surface area (TPSA) is 126 Å². The molecule has 11 heteroatoms. The zero-order valence-corrected chi connectivity index (χ0v) is 17.1. The number of urea groups is 1. The quantitative estimate of drug-likeness (QED) is 0.658. The Morgan fingerprint density at radius 3 is 2.55 bits per heavy atom. The molecule has 29 heavy (non-hydrogen) atoms. The van der Waals surface area contributed by atoms with Gasteiger partial charge in [-0.05, 0) is 24.5 Å². The molecule has 9 nitrogen and oxygen atoms in total. The molecule has 4 N–H and O–H groups in total. The minimum Gasteiger partial charge on any atom is -0.434 e. The van der Waals surface area contributed by atoms with Crippen LogP contribution in [0.3, 0.4) is 0 Å². The van der Waals surface area contributed by atoms with Gasteiger partial charge in [0.25, 0.3) is 5.56 Å². The molecular weight excluding hydrogens is 419 g/mol. The van der Waals surface area contributed by atoms with Crippen molar-refractivity contribution in [2.24, 2.45) is 10.8 Å². The monoisotopic (exact) mass is 436 g/mol. The van der Waals surface area contributed by atoms with Crippen molar-refractivity contribution in [1.82, 2.24) is 15.5 Å². The van der Waals surface area contributed by atoms with Crippen LogP contribution in [0, 0.1) is 0 Å². The molecule has 0 saturated carbocycles. The number of benzene rings is 1. The van der Waals surface area contributed by atoms with E-state index < -0.39 is 6.03 Å². The number of aromatic nitrogens is 2. The highest BCUT2D eigenvalue weighted by molar-refractivity contribution is 6.37. The molecule has 0 saturated heterocycles. The molecule has 152 valence electrons. The van der Waals surface area contributed by atoms with Crippen molar-refractivity contribution >= 4 is 40.8 Å². The van der Waals surface area contributed by atoms with Gasteiger partial charge in [0.2, 0.25) is 5.88 Å². The van der Waals surface area contributed by atoms with Gasteiger partial charge >= 0.3 is 6.03 Å². The summed E-state index contributed by atoms with van der Waals surface area (Å²) in [6.07, 6.45) is 0.775. The van der Waals surface area contributed by atoms with E-state index in [9.17, 15) is 9.59 Å². The van der Waals surface area contributed by atoms with Crippen molar-refractivity contribution < 1.29 is 9.53 Å². The lowest BCUT2D eigenvalue weighted by atomic mass is 10.0. The summed E-state index contributed by atoms with van der Waals surface area (Å²) in [5.74, 6) is 0.316. The fourth-order valence-corrected chi connectivity index (χ4v) is 3.10. The highest BCUT2D eigenvalue weighted by atomic mass is 35.5. The Hall–Kier alpha value is -3.04. The predicted molar refractivity (Wildman–Crippen MR) is 112 cm³/mol. The van der Waals surface area contributed by atoms with Gasteiger partial charge in [-0.25, -0.2) is 9.89 Å². The summed E-state index contributed by atoms with van der Waals surface area (Å²) in [6, 6.07) is 3.86. The number of halogens is 2. The second-order valence-electron chi connectivity index (χ2n) is 6.35. The van der Waals surface area contributed by atoms with Crippen molar-refractivity contribution in [2.75, 3.05) is 5.01 Å². The zero-order valence-electron chi connectivity index (χ0n) is 15.6. The summed E-state index contributed by atoms with van der Waals surface area (Å²) >= 11 is 12.6. The van der Waals surface area contributed by atoms with E-state index in [1.807, 2.05) is 13.8 Å².